The Hall–Kier alpha value is -0.220. The maximum absolute atomic E-state index is 9.26. The normalized spacial score (nSPS) is 12.9. The summed E-state index contributed by atoms with van der Waals surface area (Å²) in [7, 11) is 0. The van der Waals surface area contributed by atoms with E-state index in [0.29, 0.717) is 21.8 Å². The van der Waals surface area contributed by atoms with E-state index in [1.54, 1.807) is 0 Å². The van der Waals surface area contributed by atoms with Crippen LogP contribution in [0.2, 0.25) is 15.2 Å². The molecular weight excluding hydrogens is 282 g/mol. The summed E-state index contributed by atoms with van der Waals surface area (Å²) in [4.78, 5) is 4.05. The van der Waals surface area contributed by atoms with Gasteiger partial charge in [-0.1, -0.05) is 48.7 Å². The fraction of sp³-hybridized carbons (Fsp3) is 0.545. The van der Waals surface area contributed by atoms with Crippen molar-refractivity contribution in [2.45, 2.75) is 26.3 Å². The number of nitrogens with zero attached hydrogens (tertiary/aromatic N) is 1. The first kappa shape index (κ1) is 14.8. The highest BCUT2D eigenvalue weighted by Gasteiger charge is 2.14. The average Bonchev–Trinajstić information content (AvgIpc) is 2.24. The molecule has 1 aromatic rings. The molecular formula is C11H15Cl3N2O. The van der Waals surface area contributed by atoms with E-state index in [-0.39, 0.29) is 17.8 Å². The third-order valence-corrected chi connectivity index (χ3v) is 3.16. The number of aliphatic hydroxyl groups is 1. The Morgan fingerprint density at radius 3 is 2.47 bits per heavy atom. The Bertz CT molecular complexity index is 385. The van der Waals surface area contributed by atoms with Crippen molar-refractivity contribution in [2.24, 2.45) is 5.92 Å². The van der Waals surface area contributed by atoms with Crippen molar-refractivity contribution in [3.05, 3.63) is 21.3 Å². The molecule has 1 aromatic heterocycles. The van der Waals surface area contributed by atoms with E-state index in [1.165, 1.54) is 6.07 Å². The minimum atomic E-state index is -0.0998. The lowest BCUT2D eigenvalue weighted by molar-refractivity contribution is 0.259. The van der Waals surface area contributed by atoms with Gasteiger partial charge in [-0.25, -0.2) is 4.98 Å². The van der Waals surface area contributed by atoms with Gasteiger partial charge >= 0.3 is 0 Å². The molecule has 0 spiro atoms. The van der Waals surface area contributed by atoms with Crippen molar-refractivity contribution in [1.82, 2.24) is 4.98 Å². The number of aliphatic hydroxyl groups excluding tert-OH is 1. The highest BCUT2D eigenvalue weighted by atomic mass is 35.5. The van der Waals surface area contributed by atoms with E-state index in [2.05, 4.69) is 24.1 Å². The molecule has 0 saturated carbocycles. The van der Waals surface area contributed by atoms with Crippen LogP contribution in [0.3, 0.4) is 0 Å². The molecule has 0 aliphatic carbocycles. The van der Waals surface area contributed by atoms with Crippen LogP contribution in [0.25, 0.3) is 0 Å². The van der Waals surface area contributed by atoms with Gasteiger partial charge in [0.1, 0.15) is 11.0 Å². The smallest absolute Gasteiger partial charge is 0.150 e. The summed E-state index contributed by atoms with van der Waals surface area (Å²) < 4.78 is 0. The van der Waals surface area contributed by atoms with Crippen LogP contribution >= 0.6 is 34.8 Å². The first-order valence-electron chi connectivity index (χ1n) is 5.33. The van der Waals surface area contributed by atoms with Crippen molar-refractivity contribution in [3.63, 3.8) is 0 Å². The number of pyridine rings is 1. The third kappa shape index (κ3) is 4.51. The molecule has 1 atom stereocenters. The zero-order valence-corrected chi connectivity index (χ0v) is 11.9. The van der Waals surface area contributed by atoms with E-state index < -0.39 is 0 Å². The predicted molar refractivity (Wildman–Crippen MR) is 73.2 cm³/mol. The number of anilines is 1. The molecule has 0 saturated heterocycles. The van der Waals surface area contributed by atoms with Crippen molar-refractivity contribution >= 4 is 40.6 Å². The van der Waals surface area contributed by atoms with Gasteiger partial charge in [-0.15, -0.1) is 0 Å². The lowest BCUT2D eigenvalue weighted by Gasteiger charge is -2.19. The molecule has 1 unspecified atom stereocenters. The topological polar surface area (TPSA) is 45.1 Å². The zero-order chi connectivity index (χ0) is 13.0. The molecule has 0 bridgehead atoms. The second kappa shape index (κ2) is 6.64. The summed E-state index contributed by atoms with van der Waals surface area (Å²) in [6, 6.07) is 1.43. The lowest BCUT2D eigenvalue weighted by Crippen LogP contribution is -2.26. The van der Waals surface area contributed by atoms with Crippen LogP contribution in [-0.2, 0) is 0 Å². The van der Waals surface area contributed by atoms with Gasteiger partial charge in [-0.05, 0) is 18.4 Å². The number of hydrogen-bond acceptors (Lipinski definition) is 3. The van der Waals surface area contributed by atoms with E-state index in [0.717, 1.165) is 6.42 Å². The molecule has 17 heavy (non-hydrogen) atoms. The molecule has 1 heterocycles. The molecule has 6 heteroatoms. The quantitative estimate of drug-likeness (QED) is 0.811. The van der Waals surface area contributed by atoms with E-state index >= 15 is 0 Å². The van der Waals surface area contributed by atoms with E-state index in [4.69, 9.17) is 34.8 Å². The molecule has 2 N–H and O–H groups in total. The number of hydrogen-bond donors (Lipinski definition) is 2. The minimum absolute atomic E-state index is 0.0104. The minimum Gasteiger partial charge on any atom is -0.394 e. The van der Waals surface area contributed by atoms with Gasteiger partial charge in [0.05, 0.1) is 22.7 Å². The summed E-state index contributed by atoms with van der Waals surface area (Å²) in [5, 5.41) is 13.2. The van der Waals surface area contributed by atoms with Gasteiger partial charge in [-0.2, -0.15) is 0 Å². The fourth-order valence-electron chi connectivity index (χ4n) is 1.49. The molecule has 3 nitrogen and oxygen atoms in total. The molecule has 0 radical (unpaired) electrons. The van der Waals surface area contributed by atoms with E-state index in [1.807, 2.05) is 0 Å². The van der Waals surface area contributed by atoms with Crippen LogP contribution in [0.15, 0.2) is 6.07 Å². The Morgan fingerprint density at radius 2 is 1.94 bits per heavy atom. The summed E-state index contributed by atoms with van der Waals surface area (Å²) in [6.07, 6.45) is 0.814. The van der Waals surface area contributed by atoms with Crippen LogP contribution in [0.1, 0.15) is 20.3 Å². The maximum Gasteiger partial charge on any atom is 0.150 e. The van der Waals surface area contributed by atoms with Crippen LogP contribution < -0.4 is 5.32 Å². The Kier molecular flexibility index (Phi) is 5.80. The second-order valence-electron chi connectivity index (χ2n) is 4.24. The monoisotopic (exact) mass is 296 g/mol. The summed E-state index contributed by atoms with van der Waals surface area (Å²) in [5.41, 5.74) is 0. The lowest BCUT2D eigenvalue weighted by atomic mass is 10.0. The molecule has 1 rings (SSSR count). The predicted octanol–water partition coefficient (Wildman–Crippen LogP) is 3.86. The molecule has 0 aromatic carbocycles. The van der Waals surface area contributed by atoms with Crippen molar-refractivity contribution in [2.75, 3.05) is 11.9 Å². The maximum atomic E-state index is 9.26. The molecule has 0 fully saturated rings. The number of aromatic nitrogens is 1. The fourth-order valence-corrected chi connectivity index (χ4v) is 2.04. The van der Waals surface area contributed by atoms with Gasteiger partial charge in [-0.3, -0.25) is 0 Å². The third-order valence-electron chi connectivity index (χ3n) is 2.20. The highest BCUT2D eigenvalue weighted by Crippen LogP contribution is 2.29. The van der Waals surface area contributed by atoms with Crippen LogP contribution in [0.5, 0.6) is 0 Å². The van der Waals surface area contributed by atoms with Crippen molar-refractivity contribution in [3.8, 4) is 0 Å². The van der Waals surface area contributed by atoms with Gasteiger partial charge in [0, 0.05) is 0 Å². The molecule has 0 aliphatic rings. The largest absolute Gasteiger partial charge is 0.394 e. The van der Waals surface area contributed by atoms with Gasteiger partial charge in [0.2, 0.25) is 0 Å². The van der Waals surface area contributed by atoms with E-state index in [9.17, 15) is 5.11 Å². The van der Waals surface area contributed by atoms with Gasteiger partial charge in [0.15, 0.2) is 0 Å². The summed E-state index contributed by atoms with van der Waals surface area (Å²) >= 11 is 17.6. The van der Waals surface area contributed by atoms with Crippen LogP contribution in [0, 0.1) is 5.92 Å². The Morgan fingerprint density at radius 1 is 1.29 bits per heavy atom. The highest BCUT2D eigenvalue weighted by molar-refractivity contribution is 6.42. The molecule has 96 valence electrons. The van der Waals surface area contributed by atoms with Gasteiger partial charge in [0.25, 0.3) is 0 Å². The van der Waals surface area contributed by atoms with Crippen molar-refractivity contribution < 1.29 is 5.11 Å². The average molecular weight is 298 g/mol. The first-order chi connectivity index (χ1) is 7.93. The number of nitrogens with one attached hydrogen (secondary N) is 1. The van der Waals surface area contributed by atoms with Crippen LogP contribution in [0.4, 0.5) is 5.82 Å². The SMILES string of the molecule is CC(C)CC(CO)Nc1nc(Cl)c(Cl)cc1Cl. The standard InChI is InChI=1S/C11H15Cl3N2O/c1-6(2)3-7(5-17)15-11-9(13)4-8(12)10(14)16-11/h4,6-7,17H,3,5H2,1-2H3,(H,15,16). The second-order valence-corrected chi connectivity index (χ2v) is 5.42. The zero-order valence-electron chi connectivity index (χ0n) is 9.67. The van der Waals surface area contributed by atoms with Crippen LogP contribution in [-0.4, -0.2) is 22.7 Å². The summed E-state index contributed by atoms with van der Waals surface area (Å²) in [5.74, 6) is 0.905. The molecule has 0 amide bonds. The number of rotatable bonds is 5. The first-order valence-corrected chi connectivity index (χ1v) is 6.46. The molecule has 0 aliphatic heterocycles. The Labute approximate surface area is 116 Å². The summed E-state index contributed by atoms with van der Waals surface area (Å²) in [6.45, 7) is 4.17. The Balaban J connectivity index is 2.82. The number of halogens is 3. The van der Waals surface area contributed by atoms with Gasteiger partial charge < -0.3 is 10.4 Å². The van der Waals surface area contributed by atoms with Crippen molar-refractivity contribution in [1.29, 1.82) is 0 Å².